The number of H-pyrrole nitrogens is 1. The third kappa shape index (κ3) is 5.49. The molecule has 1 saturated heterocycles. The second-order valence-electron chi connectivity index (χ2n) is 8.21. The van der Waals surface area contributed by atoms with Gasteiger partial charge in [0.1, 0.15) is 0 Å². The number of anilines is 1. The summed E-state index contributed by atoms with van der Waals surface area (Å²) in [5.74, 6) is -2.06. The molecule has 7 nitrogen and oxygen atoms in total. The lowest BCUT2D eigenvalue weighted by Crippen LogP contribution is -2.42. The Hall–Kier alpha value is -3.56. The van der Waals surface area contributed by atoms with E-state index in [2.05, 4.69) is 20.5 Å². The minimum absolute atomic E-state index is 0.234. The third-order valence-corrected chi connectivity index (χ3v) is 5.93. The monoisotopic (exact) mass is 468 g/mol. The number of carbonyl (C=O) groups excluding carboxylic acids is 1. The number of likely N-dealkylation sites (tertiary alicyclic amines) is 1. The number of pyridine rings is 1. The number of aromatic amines is 1. The van der Waals surface area contributed by atoms with Crippen molar-refractivity contribution in [2.24, 2.45) is 0 Å². The summed E-state index contributed by atoms with van der Waals surface area (Å²) in [6.07, 6.45) is 0. The number of halogens is 2. The molecule has 0 spiro atoms. The minimum Gasteiger partial charge on any atom is -0.383 e. The molecule has 3 N–H and O–H groups in total. The molecular formula is C25H26F2N4O3. The number of rotatable bonds is 7. The van der Waals surface area contributed by atoms with E-state index in [0.717, 1.165) is 11.6 Å². The quantitative estimate of drug-likeness (QED) is 0.495. The van der Waals surface area contributed by atoms with Crippen LogP contribution in [-0.4, -0.2) is 55.3 Å². The first kappa shape index (κ1) is 23.6. The van der Waals surface area contributed by atoms with Crippen LogP contribution in [0, 0.1) is 11.6 Å². The number of nitrogens with zero attached hydrogens (tertiary/aromatic N) is 1. The largest absolute Gasteiger partial charge is 0.383 e. The van der Waals surface area contributed by atoms with E-state index in [4.69, 9.17) is 4.74 Å². The van der Waals surface area contributed by atoms with Gasteiger partial charge in [0.25, 0.3) is 0 Å². The van der Waals surface area contributed by atoms with E-state index in [9.17, 15) is 18.4 Å². The smallest absolute Gasteiger partial charge is 0.319 e. The molecule has 2 atom stereocenters. The lowest BCUT2D eigenvalue weighted by Gasteiger charge is -2.21. The van der Waals surface area contributed by atoms with Crippen LogP contribution in [0.5, 0.6) is 0 Å². The number of aromatic nitrogens is 1. The van der Waals surface area contributed by atoms with Crippen molar-refractivity contribution in [3.63, 3.8) is 0 Å². The Kier molecular flexibility index (Phi) is 7.34. The zero-order chi connectivity index (χ0) is 24.1. The van der Waals surface area contributed by atoms with Crippen molar-refractivity contribution in [3.8, 4) is 11.3 Å². The summed E-state index contributed by atoms with van der Waals surface area (Å²) in [5.41, 5.74) is 2.02. The average molecular weight is 469 g/mol. The number of urea groups is 1. The molecule has 0 radical (unpaired) electrons. The summed E-state index contributed by atoms with van der Waals surface area (Å²) in [6.45, 7) is 2.25. The molecule has 0 aliphatic carbocycles. The van der Waals surface area contributed by atoms with Gasteiger partial charge in [-0.3, -0.25) is 9.69 Å². The summed E-state index contributed by atoms with van der Waals surface area (Å²) < 4.78 is 32.5. The number of methoxy groups -OCH3 is 1. The van der Waals surface area contributed by atoms with Crippen molar-refractivity contribution in [2.75, 3.05) is 38.7 Å². The molecule has 4 rings (SSSR count). The lowest BCUT2D eigenvalue weighted by molar-refractivity contribution is 0.159. The first-order chi connectivity index (χ1) is 16.4. The highest BCUT2D eigenvalue weighted by Gasteiger charge is 2.35. The van der Waals surface area contributed by atoms with Crippen molar-refractivity contribution in [1.82, 2.24) is 15.2 Å². The number of ether oxygens (including phenoxy) is 1. The van der Waals surface area contributed by atoms with Crippen LogP contribution in [0.4, 0.5) is 19.3 Å². The molecule has 2 amide bonds. The molecule has 9 heteroatoms. The molecule has 2 aromatic carbocycles. The molecule has 0 unspecified atom stereocenters. The van der Waals surface area contributed by atoms with Crippen molar-refractivity contribution in [2.45, 2.75) is 12.0 Å². The van der Waals surface area contributed by atoms with Crippen molar-refractivity contribution < 1.29 is 18.3 Å². The molecule has 0 bridgehead atoms. The van der Waals surface area contributed by atoms with E-state index in [-0.39, 0.29) is 17.5 Å². The summed E-state index contributed by atoms with van der Waals surface area (Å²) in [6, 6.07) is 15.1. The number of nitrogens with one attached hydrogen (secondary N) is 3. The Morgan fingerprint density at radius 2 is 1.88 bits per heavy atom. The van der Waals surface area contributed by atoms with Gasteiger partial charge in [0, 0.05) is 44.3 Å². The summed E-state index contributed by atoms with van der Waals surface area (Å²) in [7, 11) is 1.61. The molecule has 1 aromatic heterocycles. The van der Waals surface area contributed by atoms with Gasteiger partial charge in [0.2, 0.25) is 5.56 Å². The van der Waals surface area contributed by atoms with Gasteiger partial charge in [-0.05, 0) is 23.8 Å². The molecule has 178 valence electrons. The molecule has 0 saturated carbocycles. The van der Waals surface area contributed by atoms with E-state index >= 15 is 0 Å². The van der Waals surface area contributed by atoms with E-state index in [1.165, 1.54) is 12.1 Å². The summed E-state index contributed by atoms with van der Waals surface area (Å²) in [4.78, 5) is 29.7. The van der Waals surface area contributed by atoms with Crippen LogP contribution in [0.3, 0.4) is 0 Å². The van der Waals surface area contributed by atoms with Gasteiger partial charge in [-0.25, -0.2) is 13.6 Å². The number of carbonyl (C=O) groups is 1. The Morgan fingerprint density at radius 1 is 1.09 bits per heavy atom. The number of amides is 2. The molecule has 3 aromatic rings. The highest BCUT2D eigenvalue weighted by atomic mass is 19.2. The van der Waals surface area contributed by atoms with Gasteiger partial charge in [-0.15, -0.1) is 0 Å². The van der Waals surface area contributed by atoms with Crippen molar-refractivity contribution in [3.05, 3.63) is 88.2 Å². The second kappa shape index (κ2) is 10.6. The van der Waals surface area contributed by atoms with Crippen molar-refractivity contribution in [1.29, 1.82) is 0 Å². The maximum absolute atomic E-state index is 13.9. The van der Waals surface area contributed by atoms with Crippen molar-refractivity contribution >= 4 is 11.7 Å². The topological polar surface area (TPSA) is 86.5 Å². The highest BCUT2D eigenvalue weighted by molar-refractivity contribution is 5.93. The van der Waals surface area contributed by atoms with Crippen LogP contribution >= 0.6 is 0 Å². The SMILES string of the molecule is COCCN1C[C@@H](NC(=O)Nc2ccc(=O)[nH]c2-c2ccccc2)[C@H](c2ccc(F)c(F)c2)C1. The van der Waals surface area contributed by atoms with Gasteiger partial charge in [0.15, 0.2) is 11.6 Å². The third-order valence-electron chi connectivity index (χ3n) is 5.93. The fourth-order valence-electron chi connectivity index (χ4n) is 4.25. The van der Waals surface area contributed by atoms with Gasteiger partial charge in [-0.1, -0.05) is 36.4 Å². The highest BCUT2D eigenvalue weighted by Crippen LogP contribution is 2.29. The lowest BCUT2D eigenvalue weighted by atomic mass is 9.94. The van der Waals surface area contributed by atoms with Crippen LogP contribution in [0.15, 0.2) is 65.5 Å². The van der Waals surface area contributed by atoms with E-state index in [0.29, 0.717) is 43.2 Å². The predicted molar refractivity (Wildman–Crippen MR) is 126 cm³/mol. The number of hydrogen-bond acceptors (Lipinski definition) is 4. The maximum Gasteiger partial charge on any atom is 0.319 e. The molecule has 1 aliphatic heterocycles. The molecule has 1 aliphatic rings. The molecular weight excluding hydrogens is 442 g/mol. The van der Waals surface area contributed by atoms with E-state index in [1.54, 1.807) is 19.2 Å². The molecule has 1 fully saturated rings. The van der Waals surface area contributed by atoms with Crippen LogP contribution in [0.2, 0.25) is 0 Å². The predicted octanol–water partition coefficient (Wildman–Crippen LogP) is 3.56. The normalized spacial score (nSPS) is 18.1. The number of hydrogen-bond donors (Lipinski definition) is 3. The average Bonchev–Trinajstić information content (AvgIpc) is 3.23. The van der Waals surface area contributed by atoms with Crippen LogP contribution < -0.4 is 16.2 Å². The minimum atomic E-state index is -0.920. The van der Waals surface area contributed by atoms with Crippen LogP contribution in [0.1, 0.15) is 11.5 Å². The second-order valence-corrected chi connectivity index (χ2v) is 8.21. The summed E-state index contributed by atoms with van der Waals surface area (Å²) >= 11 is 0. The first-order valence-electron chi connectivity index (χ1n) is 11.0. The zero-order valence-corrected chi connectivity index (χ0v) is 18.7. The van der Waals surface area contributed by atoms with E-state index in [1.807, 2.05) is 30.3 Å². The van der Waals surface area contributed by atoms with Crippen LogP contribution in [-0.2, 0) is 4.74 Å². The van der Waals surface area contributed by atoms with Crippen LogP contribution in [0.25, 0.3) is 11.3 Å². The molecule has 2 heterocycles. The number of benzene rings is 2. The van der Waals surface area contributed by atoms with Gasteiger partial charge < -0.3 is 20.4 Å². The Balaban J connectivity index is 1.53. The fraction of sp³-hybridized carbons (Fsp3) is 0.280. The maximum atomic E-state index is 13.9. The Labute approximate surface area is 195 Å². The summed E-state index contributed by atoms with van der Waals surface area (Å²) in [5, 5.41) is 5.79. The zero-order valence-electron chi connectivity index (χ0n) is 18.7. The van der Waals surface area contributed by atoms with Gasteiger partial charge >= 0.3 is 6.03 Å². The standard InChI is InChI=1S/C25H26F2N4O3/c1-34-12-11-31-14-18(17-7-8-19(26)20(27)13-17)22(15-31)29-25(33)28-21-9-10-23(32)30-24(21)16-5-3-2-4-6-16/h2-10,13,18,22H,11-12,14-15H2,1H3,(H,30,32)(H2,28,29,33)/t18-,22+/m0/s1. The van der Waals surface area contributed by atoms with Gasteiger partial charge in [-0.2, -0.15) is 0 Å². The first-order valence-corrected chi connectivity index (χ1v) is 11.0. The molecule has 34 heavy (non-hydrogen) atoms. The Morgan fingerprint density at radius 3 is 2.62 bits per heavy atom. The Bertz CT molecular complexity index is 1200. The van der Waals surface area contributed by atoms with E-state index < -0.39 is 17.7 Å². The fourth-order valence-corrected chi connectivity index (χ4v) is 4.25. The van der Waals surface area contributed by atoms with Gasteiger partial charge in [0.05, 0.1) is 24.0 Å².